The number of nitrogens with one attached hydrogen (secondary N) is 2. The molecule has 96 valence electrons. The van der Waals surface area contributed by atoms with Crippen molar-refractivity contribution in [3.05, 3.63) is 0 Å². The van der Waals surface area contributed by atoms with Gasteiger partial charge in [0.1, 0.15) is 0 Å². The van der Waals surface area contributed by atoms with Gasteiger partial charge in [-0.05, 0) is 37.6 Å². The van der Waals surface area contributed by atoms with Gasteiger partial charge in [0.25, 0.3) is 0 Å². The molecule has 1 aliphatic carbocycles. The van der Waals surface area contributed by atoms with Gasteiger partial charge in [0, 0.05) is 6.04 Å². The maximum absolute atomic E-state index is 12.0. The maximum atomic E-state index is 12.0. The minimum absolute atomic E-state index is 0.0341. The molecule has 0 aromatic heterocycles. The third-order valence-corrected chi connectivity index (χ3v) is 3.73. The molecule has 1 aliphatic heterocycles. The lowest BCUT2D eigenvalue weighted by molar-refractivity contribution is -0.138. The van der Waals surface area contributed by atoms with Crippen molar-refractivity contribution >= 4 is 11.9 Å². The molecule has 5 heteroatoms. The number of hydrogen-bond acceptors (Lipinski definition) is 3. The van der Waals surface area contributed by atoms with Crippen LogP contribution in [0.2, 0.25) is 0 Å². The number of aliphatic carboxylic acids is 1. The number of hydrogen-bond donors (Lipinski definition) is 3. The van der Waals surface area contributed by atoms with Gasteiger partial charge >= 0.3 is 5.97 Å². The van der Waals surface area contributed by atoms with Gasteiger partial charge in [0.05, 0.1) is 12.5 Å². The zero-order valence-corrected chi connectivity index (χ0v) is 10.1. The summed E-state index contributed by atoms with van der Waals surface area (Å²) in [7, 11) is 0. The predicted octanol–water partition coefficient (Wildman–Crippen LogP) is 0.354. The average Bonchev–Trinajstić information content (AvgIpc) is 3.00. The highest BCUT2D eigenvalue weighted by Crippen LogP contribution is 2.34. The Morgan fingerprint density at radius 3 is 2.59 bits per heavy atom. The molecule has 3 unspecified atom stereocenters. The quantitative estimate of drug-likeness (QED) is 0.648. The fraction of sp³-hybridized carbons (Fsp3) is 0.833. The van der Waals surface area contributed by atoms with E-state index in [4.69, 9.17) is 5.11 Å². The largest absolute Gasteiger partial charge is 0.481 e. The number of amides is 1. The standard InChI is InChI=1S/C12H20N2O3/c1-7-4-5-13-11(7)12(17)14-9(6-10(15)16)8-2-3-8/h7-9,11,13H,2-6H2,1H3,(H,14,17)(H,15,16). The van der Waals surface area contributed by atoms with Gasteiger partial charge in [0.15, 0.2) is 0 Å². The van der Waals surface area contributed by atoms with Crippen molar-refractivity contribution in [2.75, 3.05) is 6.54 Å². The Hall–Kier alpha value is -1.10. The lowest BCUT2D eigenvalue weighted by Gasteiger charge is -2.21. The van der Waals surface area contributed by atoms with E-state index in [0.29, 0.717) is 11.8 Å². The zero-order valence-electron chi connectivity index (χ0n) is 10.1. The molecular weight excluding hydrogens is 220 g/mol. The summed E-state index contributed by atoms with van der Waals surface area (Å²) in [6, 6.07) is -0.334. The van der Waals surface area contributed by atoms with E-state index in [9.17, 15) is 9.59 Å². The molecule has 1 heterocycles. The highest BCUT2D eigenvalue weighted by Gasteiger charge is 2.36. The third kappa shape index (κ3) is 3.19. The van der Waals surface area contributed by atoms with Gasteiger partial charge < -0.3 is 15.7 Å². The van der Waals surface area contributed by atoms with Crippen LogP contribution < -0.4 is 10.6 Å². The van der Waals surface area contributed by atoms with E-state index in [1.165, 1.54) is 0 Å². The molecule has 1 saturated carbocycles. The molecule has 1 amide bonds. The summed E-state index contributed by atoms with van der Waals surface area (Å²) in [5, 5.41) is 14.9. The number of carboxylic acids is 1. The van der Waals surface area contributed by atoms with E-state index in [1.807, 2.05) is 6.92 Å². The van der Waals surface area contributed by atoms with Gasteiger partial charge in [0.2, 0.25) is 5.91 Å². The number of carbonyl (C=O) groups excluding carboxylic acids is 1. The highest BCUT2D eigenvalue weighted by atomic mass is 16.4. The molecule has 0 bridgehead atoms. The van der Waals surface area contributed by atoms with Crippen LogP contribution in [0.3, 0.4) is 0 Å². The van der Waals surface area contributed by atoms with Crippen LogP contribution >= 0.6 is 0 Å². The molecule has 0 aromatic rings. The molecule has 2 aliphatic rings. The van der Waals surface area contributed by atoms with Crippen molar-refractivity contribution in [3.63, 3.8) is 0 Å². The summed E-state index contributed by atoms with van der Waals surface area (Å²) in [4.78, 5) is 22.8. The van der Waals surface area contributed by atoms with Gasteiger partial charge in [-0.3, -0.25) is 9.59 Å². The number of rotatable bonds is 5. The van der Waals surface area contributed by atoms with Crippen LogP contribution in [0.1, 0.15) is 32.6 Å². The molecule has 2 fully saturated rings. The van der Waals surface area contributed by atoms with Gasteiger partial charge in [-0.25, -0.2) is 0 Å². The molecule has 2 rings (SSSR count). The summed E-state index contributed by atoms with van der Waals surface area (Å²) >= 11 is 0. The topological polar surface area (TPSA) is 78.4 Å². The van der Waals surface area contributed by atoms with E-state index < -0.39 is 5.97 Å². The molecule has 3 atom stereocenters. The van der Waals surface area contributed by atoms with Crippen LogP contribution in [0.25, 0.3) is 0 Å². The minimum Gasteiger partial charge on any atom is -0.481 e. The normalized spacial score (nSPS) is 29.9. The van der Waals surface area contributed by atoms with Crippen LogP contribution in [0.5, 0.6) is 0 Å². The first-order valence-electron chi connectivity index (χ1n) is 6.33. The van der Waals surface area contributed by atoms with Crippen molar-refractivity contribution in [1.29, 1.82) is 0 Å². The summed E-state index contributed by atoms with van der Waals surface area (Å²) in [5.74, 6) is -0.172. The Morgan fingerprint density at radius 2 is 2.12 bits per heavy atom. The Labute approximate surface area is 101 Å². The summed E-state index contributed by atoms with van der Waals surface area (Å²) < 4.78 is 0. The first-order valence-corrected chi connectivity index (χ1v) is 6.33. The van der Waals surface area contributed by atoms with Crippen LogP contribution in [0.15, 0.2) is 0 Å². The Kier molecular flexibility index (Phi) is 3.66. The summed E-state index contributed by atoms with van der Waals surface area (Å²) in [6.07, 6.45) is 3.11. The lowest BCUT2D eigenvalue weighted by Crippen LogP contribution is -2.48. The molecule has 5 nitrogen and oxygen atoms in total. The van der Waals surface area contributed by atoms with Crippen LogP contribution in [0.4, 0.5) is 0 Å². The smallest absolute Gasteiger partial charge is 0.305 e. The predicted molar refractivity (Wildman–Crippen MR) is 62.5 cm³/mol. The third-order valence-electron chi connectivity index (χ3n) is 3.73. The lowest BCUT2D eigenvalue weighted by atomic mass is 10.0. The minimum atomic E-state index is -0.838. The first kappa shape index (κ1) is 12.4. The molecule has 17 heavy (non-hydrogen) atoms. The Balaban J connectivity index is 1.88. The number of carbonyl (C=O) groups is 2. The van der Waals surface area contributed by atoms with Gasteiger partial charge in [-0.1, -0.05) is 6.92 Å². The highest BCUT2D eigenvalue weighted by molar-refractivity contribution is 5.83. The summed E-state index contributed by atoms with van der Waals surface area (Å²) in [5.41, 5.74) is 0. The SMILES string of the molecule is CC1CCNC1C(=O)NC(CC(=O)O)C1CC1. The van der Waals surface area contributed by atoms with E-state index >= 15 is 0 Å². The second-order valence-electron chi connectivity index (χ2n) is 5.25. The van der Waals surface area contributed by atoms with Crippen LogP contribution in [-0.4, -0.2) is 35.6 Å². The van der Waals surface area contributed by atoms with Crippen molar-refractivity contribution < 1.29 is 14.7 Å². The van der Waals surface area contributed by atoms with E-state index in [-0.39, 0.29) is 24.4 Å². The average molecular weight is 240 g/mol. The van der Waals surface area contributed by atoms with Crippen molar-refractivity contribution in [2.24, 2.45) is 11.8 Å². The van der Waals surface area contributed by atoms with Crippen molar-refractivity contribution in [2.45, 2.75) is 44.7 Å². The van der Waals surface area contributed by atoms with Crippen molar-refractivity contribution in [1.82, 2.24) is 10.6 Å². The molecule has 3 N–H and O–H groups in total. The monoisotopic (exact) mass is 240 g/mol. The molecule has 1 saturated heterocycles. The zero-order chi connectivity index (χ0) is 12.4. The Bertz CT molecular complexity index is 315. The molecule has 0 radical (unpaired) electrons. The van der Waals surface area contributed by atoms with Crippen LogP contribution in [0, 0.1) is 11.8 Å². The molecule has 0 aromatic carbocycles. The summed E-state index contributed by atoms with van der Waals surface area (Å²) in [6.45, 7) is 2.92. The Morgan fingerprint density at radius 1 is 1.41 bits per heavy atom. The van der Waals surface area contributed by atoms with E-state index in [1.54, 1.807) is 0 Å². The van der Waals surface area contributed by atoms with Crippen molar-refractivity contribution in [3.8, 4) is 0 Å². The van der Waals surface area contributed by atoms with Crippen LogP contribution in [-0.2, 0) is 9.59 Å². The second kappa shape index (κ2) is 5.04. The second-order valence-corrected chi connectivity index (χ2v) is 5.25. The fourth-order valence-electron chi connectivity index (χ4n) is 2.48. The maximum Gasteiger partial charge on any atom is 0.305 e. The molecule has 0 spiro atoms. The van der Waals surface area contributed by atoms with Gasteiger partial charge in [-0.15, -0.1) is 0 Å². The van der Waals surface area contributed by atoms with Gasteiger partial charge in [-0.2, -0.15) is 0 Å². The molecular formula is C12H20N2O3. The number of carboxylic acid groups (broad SMARTS) is 1. The fourth-order valence-corrected chi connectivity index (χ4v) is 2.48. The first-order chi connectivity index (χ1) is 8.08. The van der Waals surface area contributed by atoms with E-state index in [0.717, 1.165) is 25.8 Å². The van der Waals surface area contributed by atoms with E-state index in [2.05, 4.69) is 10.6 Å².